The van der Waals surface area contributed by atoms with Crippen LogP contribution in [0.15, 0.2) is 24.8 Å². The van der Waals surface area contributed by atoms with Gasteiger partial charge < -0.3 is 28.4 Å². The van der Waals surface area contributed by atoms with Crippen LogP contribution in [0.25, 0.3) is 0 Å². The number of fused-ring (bicyclic) bond motifs is 3. The number of carbonyl (C=O) groups is 2. The van der Waals surface area contributed by atoms with Crippen LogP contribution in [-0.4, -0.2) is 57.7 Å². The van der Waals surface area contributed by atoms with Crippen LogP contribution in [0, 0.1) is 11.3 Å². The lowest BCUT2D eigenvalue weighted by molar-refractivity contribution is -0.204. The molecule has 3 aliphatic rings. The fourth-order valence-electron chi connectivity index (χ4n) is 6.12. The maximum atomic E-state index is 14.2. The number of rotatable bonds is 7. The molecule has 1 heterocycles. The Morgan fingerprint density at radius 3 is 2.62 bits per heavy atom. The van der Waals surface area contributed by atoms with Gasteiger partial charge in [0.15, 0.2) is 29.0 Å². The van der Waals surface area contributed by atoms with Gasteiger partial charge in [0.25, 0.3) is 0 Å². The van der Waals surface area contributed by atoms with Crippen LogP contribution < -0.4 is 14.2 Å². The Morgan fingerprint density at radius 2 is 2.03 bits per heavy atom. The van der Waals surface area contributed by atoms with Crippen LogP contribution >= 0.6 is 0 Å². The van der Waals surface area contributed by atoms with Crippen LogP contribution in [0.4, 0.5) is 0 Å². The van der Waals surface area contributed by atoms with E-state index in [1.807, 2.05) is 19.1 Å². The number of esters is 1. The molecule has 4 rings (SSSR count). The van der Waals surface area contributed by atoms with Crippen molar-refractivity contribution in [3.8, 4) is 17.2 Å². The van der Waals surface area contributed by atoms with E-state index in [2.05, 4.69) is 6.58 Å². The Morgan fingerprint density at radius 1 is 1.28 bits per heavy atom. The summed E-state index contributed by atoms with van der Waals surface area (Å²) in [5.41, 5.74) is -1.43. The monoisotopic (exact) mass is 446 g/mol. The van der Waals surface area contributed by atoms with Crippen molar-refractivity contribution < 1.29 is 38.0 Å². The Bertz CT molecular complexity index is 942. The second kappa shape index (κ2) is 8.08. The summed E-state index contributed by atoms with van der Waals surface area (Å²) < 4.78 is 34.3. The molecule has 32 heavy (non-hydrogen) atoms. The first kappa shape index (κ1) is 22.6. The predicted molar refractivity (Wildman–Crippen MR) is 114 cm³/mol. The molecule has 0 N–H and O–H groups in total. The third-order valence-electron chi connectivity index (χ3n) is 7.45. The molecule has 2 aliphatic carbocycles. The minimum Gasteiger partial charge on any atom is -0.493 e. The molecular weight excluding hydrogens is 416 g/mol. The Kier molecular flexibility index (Phi) is 5.71. The van der Waals surface area contributed by atoms with Gasteiger partial charge in [-0.25, -0.2) is 0 Å². The highest BCUT2D eigenvalue weighted by Crippen LogP contribution is 2.65. The number of ether oxygens (including phenoxy) is 6. The number of carbonyl (C=O) groups excluding carboxylic acids is 2. The lowest BCUT2D eigenvalue weighted by atomic mass is 9.66. The van der Waals surface area contributed by atoms with Crippen molar-refractivity contribution >= 4 is 11.8 Å². The van der Waals surface area contributed by atoms with E-state index < -0.39 is 35.1 Å². The van der Waals surface area contributed by atoms with Crippen molar-refractivity contribution in [3.63, 3.8) is 0 Å². The van der Waals surface area contributed by atoms with E-state index in [-0.39, 0.29) is 18.5 Å². The van der Waals surface area contributed by atoms with E-state index in [9.17, 15) is 9.59 Å². The van der Waals surface area contributed by atoms with Crippen LogP contribution in [0.2, 0.25) is 0 Å². The second-order valence-electron chi connectivity index (χ2n) is 8.71. The normalized spacial score (nSPS) is 35.0. The van der Waals surface area contributed by atoms with Gasteiger partial charge in [-0.2, -0.15) is 0 Å². The number of ketones is 1. The third kappa shape index (κ3) is 2.89. The molecule has 0 saturated heterocycles. The number of allylic oxidation sites excluding steroid dienone is 1. The van der Waals surface area contributed by atoms with Gasteiger partial charge in [0, 0.05) is 32.5 Å². The molecule has 1 aromatic rings. The van der Waals surface area contributed by atoms with E-state index in [1.165, 1.54) is 14.0 Å². The molecule has 0 spiro atoms. The maximum Gasteiger partial charge on any atom is 0.303 e. The van der Waals surface area contributed by atoms with Crippen LogP contribution in [0.3, 0.4) is 0 Å². The van der Waals surface area contributed by atoms with Crippen molar-refractivity contribution in [3.05, 3.63) is 30.4 Å². The number of benzene rings is 1. The second-order valence-corrected chi connectivity index (χ2v) is 8.71. The van der Waals surface area contributed by atoms with Gasteiger partial charge in [-0.05, 0) is 36.5 Å². The van der Waals surface area contributed by atoms with Crippen LogP contribution in [0.5, 0.6) is 17.2 Å². The summed E-state index contributed by atoms with van der Waals surface area (Å²) in [6.45, 7) is 7.34. The number of Topliss-reactive ketones (excluding diaryl/α,β-unsaturated/α-hetero) is 1. The van der Waals surface area contributed by atoms with E-state index in [1.54, 1.807) is 20.3 Å². The molecule has 8 heteroatoms. The summed E-state index contributed by atoms with van der Waals surface area (Å²) in [5, 5.41) is 0. The summed E-state index contributed by atoms with van der Waals surface area (Å²) >= 11 is 0. The predicted octanol–water partition coefficient (Wildman–Crippen LogP) is 3.02. The van der Waals surface area contributed by atoms with E-state index in [0.29, 0.717) is 30.1 Å². The molecule has 0 radical (unpaired) electrons. The SMILES string of the molecule is C=CCC12CC(OC)C(OC(C)=O)C(OC)(C1=O)C(c1cc(OC)c3c(c1)OCO3)C2C. The molecule has 0 amide bonds. The van der Waals surface area contributed by atoms with Gasteiger partial charge in [0.2, 0.25) is 12.5 Å². The number of hydrogen-bond donors (Lipinski definition) is 0. The lowest BCUT2D eigenvalue weighted by Crippen LogP contribution is -2.64. The minimum atomic E-state index is -1.44. The van der Waals surface area contributed by atoms with Crippen molar-refractivity contribution in [2.24, 2.45) is 11.3 Å². The molecule has 2 bridgehead atoms. The first-order chi connectivity index (χ1) is 15.3. The van der Waals surface area contributed by atoms with E-state index in [4.69, 9.17) is 28.4 Å². The molecule has 6 unspecified atom stereocenters. The first-order valence-electron chi connectivity index (χ1n) is 10.7. The zero-order valence-electron chi connectivity index (χ0n) is 19.1. The number of hydrogen-bond acceptors (Lipinski definition) is 8. The minimum absolute atomic E-state index is 0.0892. The Hall–Kier alpha value is -2.58. The highest BCUT2D eigenvalue weighted by molar-refractivity contribution is 5.99. The quantitative estimate of drug-likeness (QED) is 0.466. The summed E-state index contributed by atoms with van der Waals surface area (Å²) in [7, 11) is 4.60. The Labute approximate surface area is 187 Å². The van der Waals surface area contributed by atoms with Gasteiger partial charge in [-0.1, -0.05) is 13.0 Å². The topological polar surface area (TPSA) is 89.5 Å². The van der Waals surface area contributed by atoms with Gasteiger partial charge in [0.05, 0.1) is 13.2 Å². The molecule has 1 aliphatic heterocycles. The van der Waals surface area contributed by atoms with Crippen molar-refractivity contribution in [2.45, 2.75) is 50.4 Å². The largest absolute Gasteiger partial charge is 0.493 e. The Balaban J connectivity index is 1.96. The molecular formula is C24H30O8. The summed E-state index contributed by atoms with van der Waals surface area (Å²) in [6, 6.07) is 3.70. The van der Waals surface area contributed by atoms with Crippen molar-refractivity contribution in [1.29, 1.82) is 0 Å². The van der Waals surface area contributed by atoms with Crippen molar-refractivity contribution in [2.75, 3.05) is 28.1 Å². The highest BCUT2D eigenvalue weighted by Gasteiger charge is 2.75. The molecule has 2 fully saturated rings. The van der Waals surface area contributed by atoms with Gasteiger partial charge in [-0.3, -0.25) is 9.59 Å². The number of methoxy groups -OCH3 is 3. The molecule has 6 atom stereocenters. The van der Waals surface area contributed by atoms with Gasteiger partial charge >= 0.3 is 5.97 Å². The standard InChI is InChI=1S/C24H30O8/c1-7-8-23-11-18(28-5)21(32-14(3)25)24(29-6,22(23)26)19(13(23)2)15-9-16(27-4)20-17(10-15)30-12-31-20/h7,9-10,13,18-19,21H,1,8,11-12H2,2-6H3. The zero-order valence-corrected chi connectivity index (χ0v) is 19.1. The fourth-order valence-corrected chi connectivity index (χ4v) is 6.12. The van der Waals surface area contributed by atoms with Crippen molar-refractivity contribution in [1.82, 2.24) is 0 Å². The van der Waals surface area contributed by atoms with Crippen LogP contribution in [-0.2, 0) is 23.8 Å². The lowest BCUT2D eigenvalue weighted by Gasteiger charge is -2.46. The third-order valence-corrected chi connectivity index (χ3v) is 7.45. The fraction of sp³-hybridized carbons (Fsp3) is 0.583. The smallest absolute Gasteiger partial charge is 0.303 e. The summed E-state index contributed by atoms with van der Waals surface area (Å²) in [6.07, 6.45) is 1.20. The average molecular weight is 446 g/mol. The maximum absolute atomic E-state index is 14.2. The highest BCUT2D eigenvalue weighted by atomic mass is 16.7. The zero-order chi connectivity index (χ0) is 23.3. The van der Waals surface area contributed by atoms with E-state index >= 15 is 0 Å². The van der Waals surface area contributed by atoms with Gasteiger partial charge in [-0.15, -0.1) is 6.58 Å². The molecule has 1 aromatic carbocycles. The first-order valence-corrected chi connectivity index (χ1v) is 10.7. The van der Waals surface area contributed by atoms with Gasteiger partial charge in [0.1, 0.15) is 0 Å². The molecule has 174 valence electrons. The molecule has 8 nitrogen and oxygen atoms in total. The molecule has 0 aromatic heterocycles. The van der Waals surface area contributed by atoms with E-state index in [0.717, 1.165) is 5.56 Å². The average Bonchev–Trinajstić information content (AvgIpc) is 3.29. The summed E-state index contributed by atoms with van der Waals surface area (Å²) in [5.74, 6) is 0.350. The van der Waals surface area contributed by atoms with Crippen LogP contribution in [0.1, 0.15) is 38.2 Å². The molecule has 2 saturated carbocycles. The summed E-state index contributed by atoms with van der Waals surface area (Å²) in [4.78, 5) is 26.3.